The van der Waals surface area contributed by atoms with Crippen molar-refractivity contribution in [3.8, 4) is 0 Å². The molecule has 0 saturated carbocycles. The topological polar surface area (TPSA) is 73.1 Å². The van der Waals surface area contributed by atoms with E-state index in [1.165, 1.54) is 25.3 Å². The van der Waals surface area contributed by atoms with E-state index < -0.39 is 5.69 Å². The first kappa shape index (κ1) is 22.3. The molecule has 0 aliphatic heterocycles. The Balaban J connectivity index is 1.56. The second kappa shape index (κ2) is 9.43. The summed E-state index contributed by atoms with van der Waals surface area (Å²) in [6, 6.07) is 17.4. The largest absolute Gasteiger partial charge is 0.332 e. The van der Waals surface area contributed by atoms with Gasteiger partial charge in [-0.3, -0.25) is 18.7 Å². The summed E-state index contributed by atoms with van der Waals surface area (Å²) < 4.78 is 2.81. The van der Waals surface area contributed by atoms with Gasteiger partial charge in [0.25, 0.3) is 5.56 Å². The van der Waals surface area contributed by atoms with Gasteiger partial charge in [-0.05, 0) is 67.9 Å². The molecule has 0 spiro atoms. The average Bonchev–Trinajstić information content (AvgIpc) is 3.22. The first-order chi connectivity index (χ1) is 16.5. The van der Waals surface area contributed by atoms with E-state index in [0.29, 0.717) is 22.3 Å². The van der Waals surface area contributed by atoms with E-state index in [0.717, 1.165) is 42.4 Å². The van der Waals surface area contributed by atoms with E-state index in [4.69, 9.17) is 0 Å². The molecule has 4 aromatic rings. The van der Waals surface area contributed by atoms with Gasteiger partial charge < -0.3 is 5.32 Å². The van der Waals surface area contributed by atoms with E-state index in [1.54, 1.807) is 0 Å². The molecular weight excluding hydrogens is 446 g/mol. The highest BCUT2D eigenvalue weighted by molar-refractivity contribution is 7.18. The number of thiophene rings is 1. The predicted molar refractivity (Wildman–Crippen MR) is 137 cm³/mol. The third-order valence-electron chi connectivity index (χ3n) is 6.39. The highest BCUT2D eigenvalue weighted by Crippen LogP contribution is 2.34. The van der Waals surface area contributed by atoms with Crippen molar-refractivity contribution in [2.45, 2.75) is 52.1 Å². The summed E-state index contributed by atoms with van der Waals surface area (Å²) in [6.07, 6.45) is 4.46. The lowest BCUT2D eigenvalue weighted by Crippen LogP contribution is -2.42. The van der Waals surface area contributed by atoms with Crippen LogP contribution in [0.3, 0.4) is 0 Å². The zero-order valence-electron chi connectivity index (χ0n) is 19.2. The zero-order chi connectivity index (χ0) is 23.7. The Morgan fingerprint density at radius 2 is 1.79 bits per heavy atom. The van der Waals surface area contributed by atoms with Crippen LogP contribution in [0, 0.1) is 6.92 Å². The van der Waals surface area contributed by atoms with Crippen molar-refractivity contribution in [3.63, 3.8) is 0 Å². The minimum absolute atomic E-state index is 0.131. The smallest absolute Gasteiger partial charge is 0.325 e. The number of nitrogens with one attached hydrogen (secondary N) is 1. The molecule has 0 bridgehead atoms. The number of benzene rings is 2. The first-order valence-electron chi connectivity index (χ1n) is 11.7. The number of rotatable bonds is 6. The molecule has 0 saturated heterocycles. The lowest BCUT2D eigenvalue weighted by atomic mass is 9.97. The monoisotopic (exact) mass is 473 g/mol. The highest BCUT2D eigenvalue weighted by atomic mass is 32.1. The second-order valence-electron chi connectivity index (χ2n) is 8.87. The van der Waals surface area contributed by atoms with Crippen molar-refractivity contribution >= 4 is 33.1 Å². The van der Waals surface area contributed by atoms with E-state index in [1.807, 2.05) is 61.5 Å². The standard InChI is InChI=1S/C27H27N3O3S/c1-18-8-7-11-20(16-18)28-23(31)17-30-26-24(21-12-5-6-13-22(21)34-26)25(32)29(27(30)33)15-14-19-9-3-2-4-10-19/h2-4,7-11,16H,5-6,12-15,17H2,1H3,(H,28,31). The Labute approximate surface area is 201 Å². The minimum Gasteiger partial charge on any atom is -0.325 e. The Morgan fingerprint density at radius 1 is 1.00 bits per heavy atom. The van der Waals surface area contributed by atoms with Crippen molar-refractivity contribution in [3.05, 3.63) is 97.0 Å². The number of carbonyl (C=O) groups excluding carboxylic acids is 1. The summed E-state index contributed by atoms with van der Waals surface area (Å²) in [5.74, 6) is -0.284. The van der Waals surface area contributed by atoms with Crippen molar-refractivity contribution in [2.24, 2.45) is 0 Å². The quantitative estimate of drug-likeness (QED) is 0.454. The lowest BCUT2D eigenvalue weighted by molar-refractivity contribution is -0.116. The van der Waals surface area contributed by atoms with E-state index >= 15 is 0 Å². The zero-order valence-corrected chi connectivity index (χ0v) is 20.0. The van der Waals surface area contributed by atoms with Crippen LogP contribution < -0.4 is 16.6 Å². The summed E-state index contributed by atoms with van der Waals surface area (Å²) in [4.78, 5) is 41.8. The molecule has 1 N–H and O–H groups in total. The molecule has 0 radical (unpaired) electrons. The van der Waals surface area contributed by atoms with Gasteiger partial charge in [0.05, 0.1) is 5.39 Å². The summed E-state index contributed by atoms with van der Waals surface area (Å²) >= 11 is 1.50. The van der Waals surface area contributed by atoms with Crippen molar-refractivity contribution in [1.82, 2.24) is 9.13 Å². The molecule has 34 heavy (non-hydrogen) atoms. The average molecular weight is 474 g/mol. The molecular formula is C27H27N3O3S. The van der Waals surface area contributed by atoms with Crippen LogP contribution in [0.15, 0.2) is 64.2 Å². The predicted octanol–water partition coefficient (Wildman–Crippen LogP) is 4.29. The van der Waals surface area contributed by atoms with Gasteiger partial charge in [-0.25, -0.2) is 4.79 Å². The van der Waals surface area contributed by atoms with Crippen molar-refractivity contribution in [2.75, 3.05) is 5.32 Å². The molecule has 1 aliphatic rings. The number of aromatic nitrogens is 2. The molecule has 1 amide bonds. The Bertz CT molecular complexity index is 1480. The van der Waals surface area contributed by atoms with Gasteiger partial charge in [0.1, 0.15) is 11.4 Å². The molecule has 2 aromatic carbocycles. The van der Waals surface area contributed by atoms with Crippen LogP contribution in [0.25, 0.3) is 10.2 Å². The Morgan fingerprint density at radius 3 is 2.59 bits per heavy atom. The first-order valence-corrected chi connectivity index (χ1v) is 12.5. The third kappa shape index (κ3) is 4.35. The maximum Gasteiger partial charge on any atom is 0.332 e. The van der Waals surface area contributed by atoms with Crippen LogP contribution in [0.4, 0.5) is 5.69 Å². The van der Waals surface area contributed by atoms with Gasteiger partial charge in [0, 0.05) is 17.1 Å². The Hall–Kier alpha value is -3.45. The number of hydrogen-bond acceptors (Lipinski definition) is 4. The van der Waals surface area contributed by atoms with Crippen LogP contribution >= 0.6 is 11.3 Å². The summed E-state index contributed by atoms with van der Waals surface area (Å²) in [5.41, 5.74) is 3.20. The number of fused-ring (bicyclic) bond motifs is 3. The summed E-state index contributed by atoms with van der Waals surface area (Å²) in [6.45, 7) is 2.11. The maximum atomic E-state index is 13.5. The summed E-state index contributed by atoms with van der Waals surface area (Å²) in [5, 5.41) is 3.52. The van der Waals surface area contributed by atoms with E-state index in [9.17, 15) is 14.4 Å². The van der Waals surface area contributed by atoms with E-state index in [-0.39, 0.29) is 24.6 Å². The van der Waals surface area contributed by atoms with Crippen molar-refractivity contribution in [1.29, 1.82) is 0 Å². The van der Waals surface area contributed by atoms with Crippen LogP contribution in [0.1, 0.15) is 34.4 Å². The highest BCUT2D eigenvalue weighted by Gasteiger charge is 2.24. The number of nitrogens with zero attached hydrogens (tertiary/aromatic N) is 2. The molecule has 174 valence electrons. The molecule has 0 atom stereocenters. The molecule has 1 aliphatic carbocycles. The molecule has 2 heterocycles. The van der Waals surface area contributed by atoms with Gasteiger partial charge >= 0.3 is 5.69 Å². The molecule has 0 unspecified atom stereocenters. The molecule has 7 heteroatoms. The number of aryl methyl sites for hydroxylation is 4. The van der Waals surface area contributed by atoms with Gasteiger partial charge in [0.15, 0.2) is 0 Å². The van der Waals surface area contributed by atoms with Crippen LogP contribution in [0.2, 0.25) is 0 Å². The third-order valence-corrected chi connectivity index (χ3v) is 7.70. The van der Waals surface area contributed by atoms with E-state index in [2.05, 4.69) is 5.32 Å². The fraction of sp³-hybridized carbons (Fsp3) is 0.296. The molecule has 6 nitrogen and oxygen atoms in total. The lowest BCUT2D eigenvalue weighted by Gasteiger charge is -2.14. The maximum absolute atomic E-state index is 13.5. The molecule has 0 fully saturated rings. The van der Waals surface area contributed by atoms with Crippen molar-refractivity contribution < 1.29 is 4.79 Å². The van der Waals surface area contributed by atoms with Crippen LogP contribution in [0.5, 0.6) is 0 Å². The second-order valence-corrected chi connectivity index (χ2v) is 9.95. The van der Waals surface area contributed by atoms with Gasteiger partial charge in [-0.2, -0.15) is 0 Å². The van der Waals surface area contributed by atoms with Gasteiger partial charge in [-0.15, -0.1) is 11.3 Å². The Kier molecular flexibility index (Phi) is 6.20. The number of amides is 1. The molecule has 5 rings (SSSR count). The van der Waals surface area contributed by atoms with Crippen LogP contribution in [-0.4, -0.2) is 15.0 Å². The SMILES string of the molecule is Cc1cccc(NC(=O)Cn2c(=O)n(CCc3ccccc3)c(=O)c3c4c(sc32)CCCC4)c1. The molecule has 2 aromatic heterocycles. The number of carbonyl (C=O) groups is 1. The van der Waals surface area contributed by atoms with Gasteiger partial charge in [-0.1, -0.05) is 42.5 Å². The number of hydrogen-bond donors (Lipinski definition) is 1. The normalized spacial score (nSPS) is 13.1. The summed E-state index contributed by atoms with van der Waals surface area (Å²) in [7, 11) is 0. The number of anilines is 1. The minimum atomic E-state index is -0.425. The van der Waals surface area contributed by atoms with Gasteiger partial charge in [0.2, 0.25) is 5.91 Å². The van der Waals surface area contributed by atoms with Crippen LogP contribution in [-0.2, 0) is 37.1 Å². The fourth-order valence-corrected chi connectivity index (χ4v) is 6.08. The fourth-order valence-electron chi connectivity index (χ4n) is 4.71.